The predicted octanol–water partition coefficient (Wildman–Crippen LogP) is 3.45. The maximum Gasteiger partial charge on any atom is 0.264 e. The standard InChI is InChI=1S/C18H19FN2O3S/c1-12-11-17(9-10-18(12)19)25(23,24)21(16-7-8-16)15-5-3-14(4-6-15)20-13(2)22/h3-6,9-11,16H,7-8H2,1-2H3,(H,20,22). The molecule has 0 atom stereocenters. The number of hydrogen-bond donors (Lipinski definition) is 1. The highest BCUT2D eigenvalue weighted by atomic mass is 32.2. The van der Waals surface area contributed by atoms with Crippen molar-refractivity contribution in [2.24, 2.45) is 0 Å². The number of benzene rings is 2. The Hall–Kier alpha value is -2.41. The topological polar surface area (TPSA) is 66.5 Å². The van der Waals surface area contributed by atoms with Crippen molar-refractivity contribution in [2.45, 2.75) is 37.6 Å². The van der Waals surface area contributed by atoms with Gasteiger partial charge in [-0.2, -0.15) is 0 Å². The van der Waals surface area contributed by atoms with E-state index in [9.17, 15) is 17.6 Å². The van der Waals surface area contributed by atoms with Crippen LogP contribution in [0.4, 0.5) is 15.8 Å². The van der Waals surface area contributed by atoms with Crippen LogP contribution in [0.5, 0.6) is 0 Å². The molecule has 2 aromatic carbocycles. The zero-order chi connectivity index (χ0) is 18.2. The van der Waals surface area contributed by atoms with Gasteiger partial charge in [0.05, 0.1) is 10.6 Å². The Bertz CT molecular complexity index is 906. The number of aryl methyl sites for hydroxylation is 1. The smallest absolute Gasteiger partial charge is 0.264 e. The van der Waals surface area contributed by atoms with Gasteiger partial charge in [-0.15, -0.1) is 0 Å². The fraction of sp³-hybridized carbons (Fsp3) is 0.278. The number of halogens is 1. The van der Waals surface area contributed by atoms with Crippen LogP contribution in [0.15, 0.2) is 47.4 Å². The zero-order valence-electron chi connectivity index (χ0n) is 14.0. The van der Waals surface area contributed by atoms with Crippen molar-refractivity contribution < 1.29 is 17.6 Å². The second-order valence-corrected chi connectivity index (χ2v) is 7.99. The third kappa shape index (κ3) is 3.66. The molecule has 0 unspecified atom stereocenters. The summed E-state index contributed by atoms with van der Waals surface area (Å²) in [6.07, 6.45) is 1.57. The molecule has 2 aromatic rings. The second-order valence-electron chi connectivity index (χ2n) is 6.17. The fourth-order valence-corrected chi connectivity index (χ4v) is 4.44. The number of carbonyl (C=O) groups excluding carboxylic acids is 1. The highest BCUT2D eigenvalue weighted by Crippen LogP contribution is 2.37. The van der Waals surface area contributed by atoms with E-state index < -0.39 is 15.8 Å². The minimum absolute atomic E-state index is 0.0734. The quantitative estimate of drug-likeness (QED) is 0.886. The number of amides is 1. The summed E-state index contributed by atoms with van der Waals surface area (Å²) in [5, 5.41) is 2.65. The first kappa shape index (κ1) is 17.4. The Morgan fingerprint density at radius 1 is 1.16 bits per heavy atom. The number of sulfonamides is 1. The Balaban J connectivity index is 1.98. The van der Waals surface area contributed by atoms with Crippen LogP contribution in [0.3, 0.4) is 0 Å². The van der Waals surface area contributed by atoms with Crippen LogP contribution in [-0.4, -0.2) is 20.4 Å². The van der Waals surface area contributed by atoms with Crippen LogP contribution in [0.1, 0.15) is 25.3 Å². The Morgan fingerprint density at radius 3 is 2.32 bits per heavy atom. The molecular formula is C18H19FN2O3S. The number of anilines is 2. The Morgan fingerprint density at radius 2 is 1.80 bits per heavy atom. The number of nitrogens with zero attached hydrogens (tertiary/aromatic N) is 1. The molecule has 1 aliphatic rings. The van der Waals surface area contributed by atoms with Crippen LogP contribution >= 0.6 is 0 Å². The summed E-state index contributed by atoms with van der Waals surface area (Å²) in [5.74, 6) is -0.627. The summed E-state index contributed by atoms with van der Waals surface area (Å²) < 4.78 is 41.0. The van der Waals surface area contributed by atoms with E-state index in [1.54, 1.807) is 24.3 Å². The third-order valence-electron chi connectivity index (χ3n) is 4.01. The predicted molar refractivity (Wildman–Crippen MR) is 94.6 cm³/mol. The molecule has 1 fully saturated rings. The summed E-state index contributed by atoms with van der Waals surface area (Å²) in [7, 11) is -3.79. The van der Waals surface area contributed by atoms with Gasteiger partial charge in [0.25, 0.3) is 10.0 Å². The van der Waals surface area contributed by atoms with E-state index in [-0.39, 0.29) is 22.4 Å². The average Bonchev–Trinajstić information content (AvgIpc) is 3.36. The first-order valence-corrected chi connectivity index (χ1v) is 9.41. The summed E-state index contributed by atoms with van der Waals surface area (Å²) in [6.45, 7) is 2.95. The molecule has 0 heterocycles. The van der Waals surface area contributed by atoms with Gasteiger partial charge >= 0.3 is 0 Å². The van der Waals surface area contributed by atoms with Gasteiger partial charge in [0.2, 0.25) is 5.91 Å². The van der Waals surface area contributed by atoms with Gasteiger partial charge in [-0.3, -0.25) is 9.10 Å². The molecule has 0 saturated heterocycles. The normalized spacial score (nSPS) is 14.2. The molecule has 1 amide bonds. The van der Waals surface area contributed by atoms with Crippen molar-refractivity contribution in [3.05, 3.63) is 53.8 Å². The highest BCUT2D eigenvalue weighted by molar-refractivity contribution is 7.92. The van der Waals surface area contributed by atoms with Crippen molar-refractivity contribution >= 4 is 27.3 Å². The van der Waals surface area contributed by atoms with Gasteiger partial charge in [0.1, 0.15) is 5.82 Å². The molecule has 1 saturated carbocycles. The molecule has 0 radical (unpaired) electrons. The molecule has 132 valence electrons. The largest absolute Gasteiger partial charge is 0.326 e. The van der Waals surface area contributed by atoms with E-state index in [0.29, 0.717) is 11.4 Å². The van der Waals surface area contributed by atoms with Crippen LogP contribution in [0, 0.1) is 12.7 Å². The van der Waals surface area contributed by atoms with Crippen molar-refractivity contribution in [3.63, 3.8) is 0 Å². The lowest BCUT2D eigenvalue weighted by Crippen LogP contribution is -2.33. The lowest BCUT2D eigenvalue weighted by Gasteiger charge is -2.25. The van der Waals surface area contributed by atoms with Gasteiger partial charge < -0.3 is 5.32 Å². The molecule has 0 spiro atoms. The van der Waals surface area contributed by atoms with Crippen LogP contribution in [0.2, 0.25) is 0 Å². The minimum atomic E-state index is -3.79. The molecular weight excluding hydrogens is 343 g/mol. The first-order valence-electron chi connectivity index (χ1n) is 7.97. The van der Waals surface area contributed by atoms with Gasteiger partial charge in [0.15, 0.2) is 0 Å². The summed E-state index contributed by atoms with van der Waals surface area (Å²) >= 11 is 0. The molecule has 0 aromatic heterocycles. The molecule has 1 N–H and O–H groups in total. The van der Waals surface area contributed by atoms with Crippen molar-refractivity contribution in [2.75, 3.05) is 9.62 Å². The van der Waals surface area contributed by atoms with Gasteiger partial charge in [-0.25, -0.2) is 12.8 Å². The third-order valence-corrected chi connectivity index (χ3v) is 5.88. The lowest BCUT2D eigenvalue weighted by atomic mass is 10.2. The number of nitrogens with one attached hydrogen (secondary N) is 1. The summed E-state index contributed by atoms with van der Waals surface area (Å²) in [5.41, 5.74) is 1.42. The number of carbonyl (C=O) groups is 1. The van der Waals surface area contributed by atoms with Gasteiger partial charge in [-0.05, 0) is 67.8 Å². The average molecular weight is 362 g/mol. The minimum Gasteiger partial charge on any atom is -0.326 e. The van der Waals surface area contributed by atoms with E-state index >= 15 is 0 Å². The van der Waals surface area contributed by atoms with E-state index in [0.717, 1.165) is 12.8 Å². The molecule has 25 heavy (non-hydrogen) atoms. The van der Waals surface area contributed by atoms with Gasteiger partial charge in [-0.1, -0.05) is 0 Å². The van der Waals surface area contributed by atoms with E-state index in [4.69, 9.17) is 0 Å². The van der Waals surface area contributed by atoms with E-state index in [1.165, 1.54) is 36.4 Å². The Kier molecular flexibility index (Phi) is 4.51. The molecule has 5 nitrogen and oxygen atoms in total. The van der Waals surface area contributed by atoms with Crippen LogP contribution < -0.4 is 9.62 Å². The SMILES string of the molecule is CC(=O)Nc1ccc(N(C2CC2)S(=O)(=O)c2ccc(F)c(C)c2)cc1. The molecule has 0 aliphatic heterocycles. The lowest BCUT2D eigenvalue weighted by molar-refractivity contribution is -0.114. The van der Waals surface area contributed by atoms with Crippen molar-refractivity contribution in [1.29, 1.82) is 0 Å². The second kappa shape index (κ2) is 6.48. The van der Waals surface area contributed by atoms with Gasteiger partial charge in [0, 0.05) is 18.7 Å². The monoisotopic (exact) mass is 362 g/mol. The van der Waals surface area contributed by atoms with Crippen molar-refractivity contribution in [3.8, 4) is 0 Å². The Labute approximate surface area is 146 Å². The van der Waals surface area contributed by atoms with Crippen LogP contribution in [0.25, 0.3) is 0 Å². The number of rotatable bonds is 5. The van der Waals surface area contributed by atoms with E-state index in [1.807, 2.05) is 0 Å². The first-order chi connectivity index (χ1) is 11.8. The summed E-state index contributed by atoms with van der Waals surface area (Å²) in [6, 6.07) is 10.4. The van der Waals surface area contributed by atoms with E-state index in [2.05, 4.69) is 5.32 Å². The zero-order valence-corrected chi connectivity index (χ0v) is 14.8. The van der Waals surface area contributed by atoms with Crippen LogP contribution in [-0.2, 0) is 14.8 Å². The molecule has 0 bridgehead atoms. The number of hydrogen-bond acceptors (Lipinski definition) is 3. The fourth-order valence-electron chi connectivity index (χ4n) is 2.64. The highest BCUT2D eigenvalue weighted by Gasteiger charge is 2.38. The molecule has 3 rings (SSSR count). The molecule has 1 aliphatic carbocycles. The summed E-state index contributed by atoms with van der Waals surface area (Å²) in [4.78, 5) is 11.2. The maximum atomic E-state index is 13.5. The molecule has 7 heteroatoms. The maximum absolute atomic E-state index is 13.5. The van der Waals surface area contributed by atoms with Crippen molar-refractivity contribution in [1.82, 2.24) is 0 Å².